The van der Waals surface area contributed by atoms with Crippen LogP contribution in [0.5, 0.6) is 5.75 Å². The third-order valence-electron chi connectivity index (χ3n) is 2.25. The molecule has 0 bridgehead atoms. The highest BCUT2D eigenvalue weighted by atomic mass is 35.5. The molecule has 0 saturated heterocycles. The van der Waals surface area contributed by atoms with Crippen LogP contribution in [0.2, 0.25) is 5.02 Å². The van der Waals surface area contributed by atoms with Gasteiger partial charge in [0, 0.05) is 11.1 Å². The lowest BCUT2D eigenvalue weighted by atomic mass is 10.1. The van der Waals surface area contributed by atoms with Gasteiger partial charge in [-0.2, -0.15) is 5.26 Å². The van der Waals surface area contributed by atoms with Gasteiger partial charge in [-0.3, -0.25) is 0 Å². The Morgan fingerprint density at radius 2 is 2.19 bits per heavy atom. The van der Waals surface area contributed by atoms with Crippen LogP contribution in [0, 0.1) is 17.2 Å². The van der Waals surface area contributed by atoms with Gasteiger partial charge in [-0.25, -0.2) is 0 Å². The summed E-state index contributed by atoms with van der Waals surface area (Å²) in [7, 11) is 0. The highest BCUT2D eigenvalue weighted by Crippen LogP contribution is 2.23. The zero-order chi connectivity index (χ0) is 12.0. The van der Waals surface area contributed by atoms with E-state index in [0.29, 0.717) is 28.9 Å². The van der Waals surface area contributed by atoms with E-state index < -0.39 is 0 Å². The summed E-state index contributed by atoms with van der Waals surface area (Å²) in [5.41, 5.74) is 0.536. The van der Waals surface area contributed by atoms with E-state index in [4.69, 9.17) is 21.6 Å². The molecule has 0 saturated carbocycles. The van der Waals surface area contributed by atoms with Gasteiger partial charge in [-0.05, 0) is 30.9 Å². The summed E-state index contributed by atoms with van der Waals surface area (Å²) in [5.74, 6) is 1.26. The van der Waals surface area contributed by atoms with Crippen LogP contribution in [-0.2, 0) is 0 Å². The van der Waals surface area contributed by atoms with Crippen molar-refractivity contribution in [2.75, 3.05) is 6.61 Å². The van der Waals surface area contributed by atoms with E-state index in [2.05, 4.69) is 19.9 Å². The molecule has 0 atom stereocenters. The number of nitrogens with zero attached hydrogens (tertiary/aromatic N) is 1. The molecule has 0 aliphatic rings. The van der Waals surface area contributed by atoms with Gasteiger partial charge < -0.3 is 4.74 Å². The van der Waals surface area contributed by atoms with Crippen molar-refractivity contribution in [1.29, 1.82) is 5.26 Å². The second kappa shape index (κ2) is 6.40. The molecule has 2 nitrogen and oxygen atoms in total. The first-order chi connectivity index (χ1) is 7.63. The Morgan fingerprint density at radius 1 is 1.44 bits per heavy atom. The van der Waals surface area contributed by atoms with E-state index in [1.165, 1.54) is 0 Å². The van der Waals surface area contributed by atoms with E-state index in [0.717, 1.165) is 12.8 Å². The molecule has 1 aromatic rings. The van der Waals surface area contributed by atoms with Gasteiger partial charge in [0.1, 0.15) is 11.8 Å². The monoisotopic (exact) mass is 237 g/mol. The summed E-state index contributed by atoms with van der Waals surface area (Å²) in [6, 6.07) is 7.15. The van der Waals surface area contributed by atoms with Crippen LogP contribution in [0.3, 0.4) is 0 Å². The van der Waals surface area contributed by atoms with Crippen molar-refractivity contribution in [2.45, 2.75) is 26.7 Å². The third kappa shape index (κ3) is 4.12. The van der Waals surface area contributed by atoms with Crippen molar-refractivity contribution in [1.82, 2.24) is 0 Å². The van der Waals surface area contributed by atoms with Gasteiger partial charge in [0.15, 0.2) is 0 Å². The quantitative estimate of drug-likeness (QED) is 0.725. The molecular weight excluding hydrogens is 222 g/mol. The van der Waals surface area contributed by atoms with Crippen molar-refractivity contribution >= 4 is 11.6 Å². The zero-order valence-electron chi connectivity index (χ0n) is 9.66. The van der Waals surface area contributed by atoms with Gasteiger partial charge in [0.05, 0.1) is 12.2 Å². The van der Waals surface area contributed by atoms with Gasteiger partial charge in [-0.1, -0.05) is 25.4 Å². The molecule has 0 heterocycles. The molecule has 0 spiro atoms. The lowest BCUT2D eigenvalue weighted by Crippen LogP contribution is -2.01. The maximum absolute atomic E-state index is 8.88. The van der Waals surface area contributed by atoms with Crippen LogP contribution in [-0.4, -0.2) is 6.61 Å². The molecule has 1 aromatic carbocycles. The maximum atomic E-state index is 8.88. The predicted octanol–water partition coefficient (Wildman–Crippen LogP) is 4.03. The SMILES string of the molecule is CC(C)CCCOc1cc(Cl)ccc1C#N. The maximum Gasteiger partial charge on any atom is 0.138 e. The number of halogens is 1. The Morgan fingerprint density at radius 3 is 2.81 bits per heavy atom. The molecule has 0 aliphatic carbocycles. The Bertz CT molecular complexity index is 382. The second-order valence-corrected chi connectivity index (χ2v) is 4.57. The van der Waals surface area contributed by atoms with Crippen molar-refractivity contribution in [3.63, 3.8) is 0 Å². The molecule has 16 heavy (non-hydrogen) atoms. The van der Waals surface area contributed by atoms with E-state index in [9.17, 15) is 0 Å². The average Bonchev–Trinajstić information content (AvgIpc) is 2.24. The Balaban J connectivity index is 2.53. The third-order valence-corrected chi connectivity index (χ3v) is 2.48. The Kier molecular flexibility index (Phi) is 5.14. The molecule has 0 amide bonds. The largest absolute Gasteiger partial charge is 0.492 e. The van der Waals surface area contributed by atoms with Crippen molar-refractivity contribution in [3.05, 3.63) is 28.8 Å². The molecule has 1 rings (SSSR count). The van der Waals surface area contributed by atoms with Crippen LogP contribution in [0.15, 0.2) is 18.2 Å². The molecular formula is C13H16ClNO. The van der Waals surface area contributed by atoms with E-state index in [-0.39, 0.29) is 0 Å². The lowest BCUT2D eigenvalue weighted by Gasteiger charge is -2.09. The molecule has 3 heteroatoms. The Hall–Kier alpha value is -1.20. The predicted molar refractivity (Wildman–Crippen MR) is 65.7 cm³/mol. The van der Waals surface area contributed by atoms with E-state index in [1.54, 1.807) is 18.2 Å². The minimum absolute atomic E-state index is 0.536. The fourth-order valence-corrected chi connectivity index (χ4v) is 1.54. The molecule has 0 N–H and O–H groups in total. The number of ether oxygens (including phenoxy) is 1. The van der Waals surface area contributed by atoms with Gasteiger partial charge in [0.2, 0.25) is 0 Å². The minimum atomic E-state index is 0.536. The number of nitriles is 1. The second-order valence-electron chi connectivity index (χ2n) is 4.14. The van der Waals surface area contributed by atoms with Crippen molar-refractivity contribution < 1.29 is 4.74 Å². The van der Waals surface area contributed by atoms with Gasteiger partial charge >= 0.3 is 0 Å². The molecule has 0 aromatic heterocycles. The minimum Gasteiger partial charge on any atom is -0.492 e. The normalized spacial score (nSPS) is 10.2. The van der Waals surface area contributed by atoms with Crippen molar-refractivity contribution in [3.8, 4) is 11.8 Å². The van der Waals surface area contributed by atoms with E-state index in [1.807, 2.05) is 0 Å². The van der Waals surface area contributed by atoms with Gasteiger partial charge in [0.25, 0.3) is 0 Å². The smallest absolute Gasteiger partial charge is 0.138 e. The molecule has 86 valence electrons. The van der Waals surface area contributed by atoms with E-state index >= 15 is 0 Å². The van der Waals surface area contributed by atoms with Crippen molar-refractivity contribution in [2.24, 2.45) is 5.92 Å². The highest BCUT2D eigenvalue weighted by molar-refractivity contribution is 6.30. The molecule has 0 aliphatic heterocycles. The van der Waals surface area contributed by atoms with Crippen LogP contribution < -0.4 is 4.74 Å². The molecule has 0 unspecified atom stereocenters. The summed E-state index contributed by atoms with van der Waals surface area (Å²) in [6.45, 7) is 4.99. The Labute approximate surface area is 102 Å². The topological polar surface area (TPSA) is 33.0 Å². The summed E-state index contributed by atoms with van der Waals surface area (Å²) in [5, 5.41) is 9.48. The molecule has 0 fully saturated rings. The number of rotatable bonds is 5. The number of hydrogen-bond donors (Lipinski definition) is 0. The fraction of sp³-hybridized carbons (Fsp3) is 0.462. The summed E-state index contributed by atoms with van der Waals surface area (Å²) >= 11 is 5.85. The highest BCUT2D eigenvalue weighted by Gasteiger charge is 2.04. The summed E-state index contributed by atoms with van der Waals surface area (Å²) in [6.07, 6.45) is 2.12. The lowest BCUT2D eigenvalue weighted by molar-refractivity contribution is 0.297. The van der Waals surface area contributed by atoms with Crippen LogP contribution in [0.1, 0.15) is 32.3 Å². The van der Waals surface area contributed by atoms with Crippen LogP contribution >= 0.6 is 11.6 Å². The summed E-state index contributed by atoms with van der Waals surface area (Å²) in [4.78, 5) is 0. The first-order valence-corrected chi connectivity index (χ1v) is 5.83. The standard InChI is InChI=1S/C13H16ClNO/c1-10(2)4-3-7-16-13-8-12(14)6-5-11(13)9-15/h5-6,8,10H,3-4,7H2,1-2H3. The van der Waals surface area contributed by atoms with Gasteiger partial charge in [-0.15, -0.1) is 0 Å². The average molecular weight is 238 g/mol. The van der Waals surface area contributed by atoms with Crippen LogP contribution in [0.4, 0.5) is 0 Å². The summed E-state index contributed by atoms with van der Waals surface area (Å²) < 4.78 is 5.55. The zero-order valence-corrected chi connectivity index (χ0v) is 10.4. The molecule has 0 radical (unpaired) electrons. The first-order valence-electron chi connectivity index (χ1n) is 5.46. The fourth-order valence-electron chi connectivity index (χ4n) is 1.38. The number of benzene rings is 1. The van der Waals surface area contributed by atoms with Crippen LogP contribution in [0.25, 0.3) is 0 Å². The number of hydrogen-bond acceptors (Lipinski definition) is 2. The first kappa shape index (κ1) is 12.9.